The van der Waals surface area contributed by atoms with E-state index >= 15 is 0 Å². The maximum atomic E-state index is 12.6. The summed E-state index contributed by atoms with van der Waals surface area (Å²) in [6, 6.07) is 0.169. The fourth-order valence-corrected chi connectivity index (χ4v) is 3.18. The maximum Gasteiger partial charge on any atom is 0.233 e. The van der Waals surface area contributed by atoms with Crippen molar-refractivity contribution in [3.63, 3.8) is 0 Å². The quantitative estimate of drug-likeness (QED) is 0.609. The number of thiocarbonyl (C=S) groups is 1. The van der Waals surface area contributed by atoms with Gasteiger partial charge in [-0.15, -0.1) is 0 Å². The van der Waals surface area contributed by atoms with Gasteiger partial charge in [-0.3, -0.25) is 4.79 Å². The van der Waals surface area contributed by atoms with Crippen LogP contribution in [0.5, 0.6) is 0 Å². The molecule has 1 unspecified atom stereocenters. The minimum Gasteiger partial charge on any atom is -0.392 e. The van der Waals surface area contributed by atoms with Crippen molar-refractivity contribution in [1.29, 1.82) is 0 Å². The summed E-state index contributed by atoms with van der Waals surface area (Å²) in [6.45, 7) is 6.16. The zero-order chi connectivity index (χ0) is 14.9. The summed E-state index contributed by atoms with van der Waals surface area (Å²) in [5.41, 5.74) is 5.23. The second-order valence-corrected chi connectivity index (χ2v) is 6.53. The van der Waals surface area contributed by atoms with Gasteiger partial charge in [0.1, 0.15) is 0 Å². The van der Waals surface area contributed by atoms with Crippen LogP contribution in [0.15, 0.2) is 0 Å². The zero-order valence-electron chi connectivity index (χ0n) is 12.6. The Morgan fingerprint density at radius 2 is 1.89 bits per heavy atom. The van der Waals surface area contributed by atoms with Crippen molar-refractivity contribution >= 4 is 34.9 Å². The van der Waals surface area contributed by atoms with Gasteiger partial charge in [0.2, 0.25) is 5.91 Å². The number of carbonyl (C=O) groups is 1. The molecule has 0 radical (unpaired) electrons. The predicted molar refractivity (Wildman–Crippen MR) is 89.6 cm³/mol. The molecule has 3 N–H and O–H groups in total. The van der Waals surface area contributed by atoms with Crippen molar-refractivity contribution < 1.29 is 4.79 Å². The van der Waals surface area contributed by atoms with Crippen LogP contribution in [0.1, 0.15) is 52.9 Å². The van der Waals surface area contributed by atoms with Gasteiger partial charge in [-0.25, -0.2) is 0 Å². The molecule has 0 bridgehead atoms. The van der Waals surface area contributed by atoms with E-state index in [4.69, 9.17) is 18.0 Å². The molecule has 5 heteroatoms. The highest BCUT2D eigenvalue weighted by atomic mass is 32.2. The lowest BCUT2D eigenvalue weighted by atomic mass is 9.78. The molecule has 0 rings (SSSR count). The Morgan fingerprint density at radius 1 is 1.37 bits per heavy atom. The Bertz CT molecular complexity index is 289. The molecule has 0 aromatic heterocycles. The van der Waals surface area contributed by atoms with Crippen molar-refractivity contribution in [3.05, 3.63) is 0 Å². The number of thioether (sulfide) groups is 1. The number of nitrogens with one attached hydrogen (secondary N) is 1. The third-order valence-corrected chi connectivity index (χ3v) is 4.43. The maximum absolute atomic E-state index is 12.6. The molecule has 0 aromatic carbocycles. The number of nitrogens with two attached hydrogens (primary N) is 1. The van der Waals surface area contributed by atoms with Crippen LogP contribution in [-0.2, 0) is 4.79 Å². The van der Waals surface area contributed by atoms with Gasteiger partial charge in [-0.05, 0) is 38.2 Å². The van der Waals surface area contributed by atoms with E-state index < -0.39 is 5.41 Å². The van der Waals surface area contributed by atoms with Gasteiger partial charge in [-0.2, -0.15) is 11.8 Å². The van der Waals surface area contributed by atoms with Gasteiger partial charge in [-0.1, -0.05) is 38.9 Å². The minimum atomic E-state index is -0.660. The van der Waals surface area contributed by atoms with Crippen molar-refractivity contribution in [2.24, 2.45) is 11.1 Å². The van der Waals surface area contributed by atoms with Gasteiger partial charge >= 0.3 is 0 Å². The average Bonchev–Trinajstić information content (AvgIpc) is 2.35. The van der Waals surface area contributed by atoms with E-state index in [0.29, 0.717) is 4.99 Å². The van der Waals surface area contributed by atoms with E-state index in [1.165, 1.54) is 0 Å². The molecule has 0 fully saturated rings. The molecule has 112 valence electrons. The number of amides is 1. The third kappa shape index (κ3) is 5.69. The lowest BCUT2D eigenvalue weighted by Crippen LogP contribution is -2.51. The monoisotopic (exact) mass is 304 g/mol. The third-order valence-electron chi connectivity index (χ3n) is 3.39. The zero-order valence-corrected chi connectivity index (χ0v) is 14.3. The average molecular weight is 305 g/mol. The topological polar surface area (TPSA) is 55.1 Å². The van der Waals surface area contributed by atoms with Crippen molar-refractivity contribution in [3.8, 4) is 0 Å². The Morgan fingerprint density at radius 3 is 2.26 bits per heavy atom. The van der Waals surface area contributed by atoms with Crippen LogP contribution in [-0.4, -0.2) is 28.9 Å². The molecule has 19 heavy (non-hydrogen) atoms. The highest BCUT2D eigenvalue weighted by molar-refractivity contribution is 7.98. The molecule has 0 spiro atoms. The molecule has 1 amide bonds. The first-order valence-corrected chi connectivity index (χ1v) is 8.84. The van der Waals surface area contributed by atoms with Crippen molar-refractivity contribution in [1.82, 2.24) is 5.32 Å². The van der Waals surface area contributed by atoms with Gasteiger partial charge < -0.3 is 11.1 Å². The van der Waals surface area contributed by atoms with E-state index in [-0.39, 0.29) is 11.9 Å². The minimum absolute atomic E-state index is 0.0114. The second-order valence-electron chi connectivity index (χ2n) is 5.10. The summed E-state index contributed by atoms with van der Waals surface area (Å²) in [7, 11) is 0. The van der Waals surface area contributed by atoms with E-state index in [1.807, 2.05) is 6.92 Å². The van der Waals surface area contributed by atoms with Gasteiger partial charge in [0, 0.05) is 6.04 Å². The number of hydrogen-bond donors (Lipinski definition) is 2. The summed E-state index contributed by atoms with van der Waals surface area (Å²) in [4.78, 5) is 12.9. The first-order chi connectivity index (χ1) is 8.94. The van der Waals surface area contributed by atoms with Crippen LogP contribution in [0.3, 0.4) is 0 Å². The Labute approximate surface area is 127 Å². The Kier molecular flexibility index (Phi) is 9.44. The van der Waals surface area contributed by atoms with Crippen LogP contribution in [0.2, 0.25) is 0 Å². The lowest BCUT2D eigenvalue weighted by Gasteiger charge is -2.32. The van der Waals surface area contributed by atoms with Crippen molar-refractivity contribution in [2.75, 3.05) is 12.0 Å². The molecule has 0 aliphatic heterocycles. The van der Waals surface area contributed by atoms with E-state index in [9.17, 15) is 4.79 Å². The molecule has 0 saturated carbocycles. The highest BCUT2D eigenvalue weighted by Gasteiger charge is 2.40. The van der Waals surface area contributed by atoms with Crippen LogP contribution in [0.4, 0.5) is 0 Å². The molecular weight excluding hydrogens is 276 g/mol. The van der Waals surface area contributed by atoms with Crippen LogP contribution in [0.25, 0.3) is 0 Å². The summed E-state index contributed by atoms with van der Waals surface area (Å²) in [6.07, 6.45) is 6.32. The molecule has 0 heterocycles. The smallest absolute Gasteiger partial charge is 0.233 e. The van der Waals surface area contributed by atoms with Crippen molar-refractivity contribution in [2.45, 2.75) is 58.9 Å². The molecule has 1 atom stereocenters. The number of carbonyl (C=O) groups excluding carboxylic acids is 1. The number of rotatable bonds is 10. The van der Waals surface area contributed by atoms with E-state index in [0.717, 1.165) is 37.9 Å². The van der Waals surface area contributed by atoms with Crippen LogP contribution in [0, 0.1) is 5.41 Å². The standard InChI is InChI=1S/C14H28N2OS2/c1-5-8-14(9-6-2,12(15)18)13(17)16-11(3)7-10-19-4/h11H,5-10H2,1-4H3,(H2,15,18)(H,16,17). The highest BCUT2D eigenvalue weighted by Crippen LogP contribution is 2.31. The largest absolute Gasteiger partial charge is 0.392 e. The van der Waals surface area contributed by atoms with E-state index in [2.05, 4.69) is 25.4 Å². The molecule has 0 saturated heterocycles. The molecule has 0 aliphatic carbocycles. The predicted octanol–water partition coefficient (Wildman–Crippen LogP) is 3.12. The summed E-state index contributed by atoms with van der Waals surface area (Å²) >= 11 is 6.98. The van der Waals surface area contributed by atoms with Crippen LogP contribution < -0.4 is 11.1 Å². The van der Waals surface area contributed by atoms with E-state index in [1.54, 1.807) is 11.8 Å². The van der Waals surface area contributed by atoms with Gasteiger partial charge in [0.05, 0.1) is 10.4 Å². The number of hydrogen-bond acceptors (Lipinski definition) is 3. The first kappa shape index (κ1) is 18.7. The molecule has 0 aliphatic rings. The fraction of sp³-hybridized carbons (Fsp3) is 0.857. The normalized spacial score (nSPS) is 13.1. The summed E-state index contributed by atoms with van der Waals surface area (Å²) in [5, 5.41) is 3.09. The SMILES string of the molecule is CCCC(CCC)(C(=O)NC(C)CCSC)C(N)=S. The summed E-state index contributed by atoms with van der Waals surface area (Å²) in [5.74, 6) is 1.06. The molecule has 0 aromatic rings. The lowest BCUT2D eigenvalue weighted by molar-refractivity contribution is -0.128. The molecule has 3 nitrogen and oxygen atoms in total. The second kappa shape index (κ2) is 9.59. The van der Waals surface area contributed by atoms with Crippen LogP contribution >= 0.6 is 24.0 Å². The van der Waals surface area contributed by atoms with Gasteiger partial charge in [0.15, 0.2) is 0 Å². The van der Waals surface area contributed by atoms with Gasteiger partial charge in [0.25, 0.3) is 0 Å². The fourth-order valence-electron chi connectivity index (χ4n) is 2.29. The summed E-state index contributed by atoms with van der Waals surface area (Å²) < 4.78 is 0. The Hall–Kier alpha value is -0.290. The first-order valence-electron chi connectivity index (χ1n) is 7.04. The Balaban J connectivity index is 4.83. The molecular formula is C14H28N2OS2.